The zero-order chi connectivity index (χ0) is 12.4. The van der Waals surface area contributed by atoms with E-state index in [4.69, 9.17) is 11.6 Å². The SMILES string of the molecule is CCc1nc(Cl)cc(-c2cc(C)cc(F)c2)n1. The minimum atomic E-state index is -0.271. The Kier molecular flexibility index (Phi) is 3.38. The van der Waals surface area contributed by atoms with Gasteiger partial charge in [-0.05, 0) is 30.7 Å². The molecule has 0 amide bonds. The minimum absolute atomic E-state index is 0.271. The summed E-state index contributed by atoms with van der Waals surface area (Å²) in [6, 6.07) is 6.45. The van der Waals surface area contributed by atoms with Crippen LogP contribution < -0.4 is 0 Å². The largest absolute Gasteiger partial charge is 0.233 e. The van der Waals surface area contributed by atoms with E-state index < -0.39 is 0 Å². The van der Waals surface area contributed by atoms with E-state index in [1.807, 2.05) is 19.9 Å². The predicted octanol–water partition coefficient (Wildman–Crippen LogP) is 3.81. The monoisotopic (exact) mass is 250 g/mol. The Labute approximate surface area is 104 Å². The van der Waals surface area contributed by atoms with Crippen LogP contribution in [0.2, 0.25) is 5.15 Å². The molecule has 0 saturated heterocycles. The van der Waals surface area contributed by atoms with Gasteiger partial charge in [-0.2, -0.15) is 0 Å². The summed E-state index contributed by atoms with van der Waals surface area (Å²) in [5.74, 6) is 0.391. The third-order valence-corrected chi connectivity index (χ3v) is 2.59. The average Bonchev–Trinajstić information content (AvgIpc) is 2.26. The molecule has 1 heterocycles. The lowest BCUT2D eigenvalue weighted by Gasteiger charge is -2.05. The van der Waals surface area contributed by atoms with Gasteiger partial charge in [0.25, 0.3) is 0 Å². The smallest absolute Gasteiger partial charge is 0.133 e. The molecule has 2 rings (SSSR count). The van der Waals surface area contributed by atoms with Crippen molar-refractivity contribution in [3.05, 3.63) is 46.6 Å². The Morgan fingerprint density at radius 2 is 1.94 bits per heavy atom. The second kappa shape index (κ2) is 4.80. The Hall–Kier alpha value is -1.48. The van der Waals surface area contributed by atoms with Crippen LogP contribution in [0.1, 0.15) is 18.3 Å². The summed E-state index contributed by atoms with van der Waals surface area (Å²) in [4.78, 5) is 8.43. The number of rotatable bonds is 2. The molecule has 0 aliphatic heterocycles. The zero-order valence-electron chi connectivity index (χ0n) is 9.67. The molecular weight excluding hydrogens is 239 g/mol. The van der Waals surface area contributed by atoms with Crippen LogP contribution in [0.25, 0.3) is 11.3 Å². The summed E-state index contributed by atoms with van der Waals surface area (Å²) in [7, 11) is 0. The lowest BCUT2D eigenvalue weighted by Crippen LogP contribution is -1.96. The molecule has 0 fully saturated rings. The van der Waals surface area contributed by atoms with Gasteiger partial charge in [-0.1, -0.05) is 18.5 Å². The molecule has 1 aromatic heterocycles. The minimum Gasteiger partial charge on any atom is -0.233 e. The predicted molar refractivity (Wildman–Crippen MR) is 66.6 cm³/mol. The maximum atomic E-state index is 13.3. The third-order valence-electron chi connectivity index (χ3n) is 2.40. The first-order valence-corrected chi connectivity index (χ1v) is 5.77. The van der Waals surface area contributed by atoms with E-state index in [0.29, 0.717) is 23.1 Å². The quantitative estimate of drug-likeness (QED) is 0.758. The van der Waals surface area contributed by atoms with Crippen LogP contribution in [-0.4, -0.2) is 9.97 Å². The number of hydrogen-bond donors (Lipinski definition) is 0. The summed E-state index contributed by atoms with van der Waals surface area (Å²) in [6.45, 7) is 3.79. The summed E-state index contributed by atoms with van der Waals surface area (Å²) in [6.07, 6.45) is 0.696. The topological polar surface area (TPSA) is 25.8 Å². The molecule has 0 bridgehead atoms. The molecule has 0 aliphatic carbocycles. The van der Waals surface area contributed by atoms with Gasteiger partial charge in [0.1, 0.15) is 16.8 Å². The van der Waals surface area contributed by atoms with Crippen LogP contribution in [-0.2, 0) is 6.42 Å². The number of nitrogens with zero attached hydrogens (tertiary/aromatic N) is 2. The number of hydrogen-bond acceptors (Lipinski definition) is 2. The number of aryl methyl sites for hydroxylation is 2. The fourth-order valence-corrected chi connectivity index (χ4v) is 1.86. The highest BCUT2D eigenvalue weighted by Crippen LogP contribution is 2.22. The molecular formula is C13H12ClFN2. The lowest BCUT2D eigenvalue weighted by molar-refractivity contribution is 0.627. The highest BCUT2D eigenvalue weighted by Gasteiger charge is 2.06. The van der Waals surface area contributed by atoms with Crippen molar-refractivity contribution in [1.82, 2.24) is 9.97 Å². The van der Waals surface area contributed by atoms with E-state index in [-0.39, 0.29) is 5.82 Å². The summed E-state index contributed by atoms with van der Waals surface area (Å²) >= 11 is 5.91. The molecule has 0 radical (unpaired) electrons. The van der Waals surface area contributed by atoms with Crippen molar-refractivity contribution < 1.29 is 4.39 Å². The van der Waals surface area contributed by atoms with E-state index in [1.54, 1.807) is 6.07 Å². The van der Waals surface area contributed by atoms with E-state index in [0.717, 1.165) is 11.1 Å². The highest BCUT2D eigenvalue weighted by atomic mass is 35.5. The molecule has 0 spiro atoms. The average molecular weight is 251 g/mol. The van der Waals surface area contributed by atoms with Crippen LogP contribution in [0.15, 0.2) is 24.3 Å². The van der Waals surface area contributed by atoms with Crippen molar-refractivity contribution in [2.45, 2.75) is 20.3 Å². The molecule has 4 heteroatoms. The summed E-state index contributed by atoms with van der Waals surface area (Å²) < 4.78 is 13.3. The Bertz CT molecular complexity index is 535. The van der Waals surface area contributed by atoms with Crippen molar-refractivity contribution in [1.29, 1.82) is 0 Å². The molecule has 1 aromatic carbocycles. The number of aromatic nitrogens is 2. The van der Waals surface area contributed by atoms with Gasteiger partial charge in [-0.3, -0.25) is 0 Å². The Balaban J connectivity index is 2.55. The van der Waals surface area contributed by atoms with Gasteiger partial charge in [0.15, 0.2) is 0 Å². The number of halogens is 2. The van der Waals surface area contributed by atoms with E-state index in [9.17, 15) is 4.39 Å². The first kappa shape index (κ1) is 12.0. The third kappa shape index (κ3) is 2.80. The standard InChI is InChI=1S/C13H12ClFN2/c1-3-13-16-11(7-12(14)17-13)9-4-8(2)5-10(15)6-9/h4-7H,3H2,1-2H3. The number of benzene rings is 1. The van der Waals surface area contributed by atoms with Crippen LogP contribution in [0.3, 0.4) is 0 Å². The van der Waals surface area contributed by atoms with Crippen molar-refractivity contribution in [3.63, 3.8) is 0 Å². The molecule has 0 saturated carbocycles. The van der Waals surface area contributed by atoms with Gasteiger partial charge < -0.3 is 0 Å². The normalized spacial score (nSPS) is 10.6. The molecule has 0 atom stereocenters. The summed E-state index contributed by atoms with van der Waals surface area (Å²) in [5.41, 5.74) is 2.23. The maximum Gasteiger partial charge on any atom is 0.133 e. The Morgan fingerprint density at radius 3 is 2.59 bits per heavy atom. The van der Waals surface area contributed by atoms with Crippen molar-refractivity contribution in [3.8, 4) is 11.3 Å². The second-order valence-corrected chi connectivity index (χ2v) is 4.25. The molecule has 88 valence electrons. The van der Waals surface area contributed by atoms with Gasteiger partial charge in [0.05, 0.1) is 5.69 Å². The van der Waals surface area contributed by atoms with Gasteiger partial charge >= 0.3 is 0 Å². The maximum absolute atomic E-state index is 13.3. The van der Waals surface area contributed by atoms with Crippen molar-refractivity contribution in [2.75, 3.05) is 0 Å². The lowest BCUT2D eigenvalue weighted by atomic mass is 10.1. The summed E-state index contributed by atoms with van der Waals surface area (Å²) in [5, 5.41) is 0.383. The van der Waals surface area contributed by atoms with Gasteiger partial charge in [-0.15, -0.1) is 0 Å². The van der Waals surface area contributed by atoms with Crippen LogP contribution >= 0.6 is 11.6 Å². The van der Waals surface area contributed by atoms with Crippen LogP contribution in [0.4, 0.5) is 4.39 Å². The van der Waals surface area contributed by atoms with E-state index >= 15 is 0 Å². The molecule has 0 unspecified atom stereocenters. The first-order valence-electron chi connectivity index (χ1n) is 5.39. The van der Waals surface area contributed by atoms with Crippen molar-refractivity contribution >= 4 is 11.6 Å². The fourth-order valence-electron chi connectivity index (χ4n) is 1.65. The van der Waals surface area contributed by atoms with E-state index in [1.165, 1.54) is 12.1 Å². The first-order chi connectivity index (χ1) is 8.08. The zero-order valence-corrected chi connectivity index (χ0v) is 10.4. The van der Waals surface area contributed by atoms with E-state index in [2.05, 4.69) is 9.97 Å². The molecule has 0 aliphatic rings. The van der Waals surface area contributed by atoms with Crippen LogP contribution in [0.5, 0.6) is 0 Å². The van der Waals surface area contributed by atoms with Crippen molar-refractivity contribution in [2.24, 2.45) is 0 Å². The molecule has 2 aromatic rings. The Morgan fingerprint density at radius 1 is 1.18 bits per heavy atom. The van der Waals surface area contributed by atoms with Crippen LogP contribution in [0, 0.1) is 12.7 Å². The van der Waals surface area contributed by atoms with Gasteiger partial charge in [0.2, 0.25) is 0 Å². The second-order valence-electron chi connectivity index (χ2n) is 3.86. The molecule has 2 nitrogen and oxygen atoms in total. The molecule has 0 N–H and O–H groups in total. The molecule has 17 heavy (non-hydrogen) atoms. The highest BCUT2D eigenvalue weighted by molar-refractivity contribution is 6.29. The fraction of sp³-hybridized carbons (Fsp3) is 0.231. The van der Waals surface area contributed by atoms with Gasteiger partial charge in [-0.25, -0.2) is 14.4 Å². The van der Waals surface area contributed by atoms with Gasteiger partial charge in [0, 0.05) is 18.1 Å².